The van der Waals surface area contributed by atoms with Gasteiger partial charge in [-0.2, -0.15) is 0 Å². The van der Waals surface area contributed by atoms with Crippen LogP contribution >= 0.6 is 0 Å². The van der Waals surface area contributed by atoms with E-state index in [2.05, 4.69) is 46.5 Å². The van der Waals surface area contributed by atoms with E-state index in [0.717, 1.165) is 0 Å². The zero-order valence-corrected chi connectivity index (χ0v) is 11.8. The van der Waals surface area contributed by atoms with Crippen molar-refractivity contribution in [1.82, 2.24) is 4.90 Å². The topological polar surface area (TPSA) is 32.7 Å². The van der Waals surface area contributed by atoms with Crippen molar-refractivity contribution in [2.24, 2.45) is 16.8 Å². The summed E-state index contributed by atoms with van der Waals surface area (Å²) in [4.78, 5) is 18.2. The highest BCUT2D eigenvalue weighted by Crippen LogP contribution is 2.28. The van der Waals surface area contributed by atoms with Crippen LogP contribution in [0.3, 0.4) is 0 Å². The largest absolute Gasteiger partial charge is 0.328 e. The Balaban J connectivity index is 3.20. The quantitative estimate of drug-likeness (QED) is 0.741. The van der Waals surface area contributed by atoms with E-state index in [1.165, 1.54) is 11.8 Å². The summed E-state index contributed by atoms with van der Waals surface area (Å²) in [5, 5.41) is 0. The fraction of sp³-hybridized carbons (Fsp3) is 0.714. The van der Waals surface area contributed by atoms with Crippen molar-refractivity contribution in [3.8, 4) is 0 Å². The van der Waals surface area contributed by atoms with E-state index in [4.69, 9.17) is 0 Å². The average Bonchev–Trinajstić information content (AvgIpc) is 2.36. The number of amides is 1. The van der Waals surface area contributed by atoms with Crippen molar-refractivity contribution in [2.75, 3.05) is 0 Å². The van der Waals surface area contributed by atoms with Gasteiger partial charge in [0.15, 0.2) is 0 Å². The van der Waals surface area contributed by atoms with Gasteiger partial charge in [0.25, 0.3) is 5.91 Å². The first-order valence-corrected chi connectivity index (χ1v) is 6.41. The highest BCUT2D eigenvalue weighted by atomic mass is 16.2. The predicted octanol–water partition coefficient (Wildman–Crippen LogP) is 2.87. The van der Waals surface area contributed by atoms with Crippen LogP contribution in [0.15, 0.2) is 16.8 Å². The Kier molecular flexibility index (Phi) is 4.49. The molecule has 3 nitrogen and oxygen atoms in total. The van der Waals surface area contributed by atoms with Crippen LogP contribution in [0.5, 0.6) is 0 Å². The van der Waals surface area contributed by atoms with Gasteiger partial charge in [-0.1, -0.05) is 27.7 Å². The van der Waals surface area contributed by atoms with Crippen molar-refractivity contribution in [3.63, 3.8) is 0 Å². The molecule has 17 heavy (non-hydrogen) atoms. The molecule has 1 atom stereocenters. The Hall–Kier alpha value is -1.12. The predicted molar refractivity (Wildman–Crippen MR) is 72.0 cm³/mol. The van der Waals surface area contributed by atoms with Crippen LogP contribution in [0.4, 0.5) is 0 Å². The monoisotopic (exact) mass is 236 g/mol. The SMILES string of the molecule is CC(C)C1=CN=CC(=O)N(C(C)C)C1C(C)C. The molecule has 1 rings (SSSR count). The number of hydrogen-bond acceptors (Lipinski definition) is 2. The molecule has 3 heteroatoms. The van der Waals surface area contributed by atoms with E-state index >= 15 is 0 Å². The van der Waals surface area contributed by atoms with Crippen molar-refractivity contribution in [1.29, 1.82) is 0 Å². The summed E-state index contributed by atoms with van der Waals surface area (Å²) in [5.74, 6) is 0.828. The zero-order chi connectivity index (χ0) is 13.2. The minimum atomic E-state index is 0.0191. The fourth-order valence-electron chi connectivity index (χ4n) is 2.40. The smallest absolute Gasteiger partial charge is 0.265 e. The second-order valence-corrected chi connectivity index (χ2v) is 5.59. The molecule has 0 saturated heterocycles. The van der Waals surface area contributed by atoms with Crippen LogP contribution in [-0.4, -0.2) is 29.1 Å². The minimum Gasteiger partial charge on any atom is -0.328 e. The highest BCUT2D eigenvalue weighted by molar-refractivity contribution is 6.26. The lowest BCUT2D eigenvalue weighted by Gasteiger charge is -2.38. The lowest BCUT2D eigenvalue weighted by molar-refractivity contribution is -0.127. The van der Waals surface area contributed by atoms with Gasteiger partial charge in [-0.15, -0.1) is 0 Å². The van der Waals surface area contributed by atoms with Crippen LogP contribution < -0.4 is 0 Å². The number of carbonyl (C=O) groups excluding carboxylic acids is 1. The molecule has 96 valence electrons. The first-order chi connectivity index (χ1) is 7.86. The van der Waals surface area contributed by atoms with Crippen LogP contribution in [0, 0.1) is 11.8 Å². The van der Waals surface area contributed by atoms with Gasteiger partial charge in [0, 0.05) is 12.2 Å². The molecule has 0 spiro atoms. The maximum absolute atomic E-state index is 12.1. The van der Waals surface area contributed by atoms with Gasteiger partial charge in [0.1, 0.15) is 0 Å². The summed E-state index contributed by atoms with van der Waals surface area (Å²) < 4.78 is 0. The van der Waals surface area contributed by atoms with Crippen LogP contribution in [-0.2, 0) is 4.79 Å². The molecule has 0 fully saturated rings. The van der Waals surface area contributed by atoms with E-state index in [1.807, 2.05) is 11.1 Å². The summed E-state index contributed by atoms with van der Waals surface area (Å²) in [5.41, 5.74) is 1.25. The summed E-state index contributed by atoms with van der Waals surface area (Å²) in [7, 11) is 0. The Labute approximate surface area is 105 Å². The third kappa shape index (κ3) is 2.96. The molecular formula is C14H24N2O. The summed E-state index contributed by atoms with van der Waals surface area (Å²) in [6.45, 7) is 12.8. The first kappa shape index (κ1) is 13.9. The van der Waals surface area contributed by atoms with Crippen LogP contribution in [0.1, 0.15) is 41.5 Å². The molecule has 0 radical (unpaired) electrons. The normalized spacial score (nSPS) is 21.5. The van der Waals surface area contributed by atoms with Gasteiger partial charge in [-0.3, -0.25) is 9.79 Å². The van der Waals surface area contributed by atoms with Gasteiger partial charge in [-0.25, -0.2) is 0 Å². The number of carbonyl (C=O) groups is 1. The van der Waals surface area contributed by atoms with Crippen molar-refractivity contribution >= 4 is 12.1 Å². The molecule has 1 heterocycles. The molecule has 1 amide bonds. The zero-order valence-electron chi connectivity index (χ0n) is 11.8. The van der Waals surface area contributed by atoms with Crippen molar-refractivity contribution in [3.05, 3.63) is 11.8 Å². The van der Waals surface area contributed by atoms with Crippen LogP contribution in [0.2, 0.25) is 0 Å². The molecule has 0 N–H and O–H groups in total. The van der Waals surface area contributed by atoms with Gasteiger partial charge >= 0.3 is 0 Å². The number of nitrogens with zero attached hydrogens (tertiary/aromatic N) is 2. The Morgan fingerprint density at radius 3 is 2.18 bits per heavy atom. The van der Waals surface area contributed by atoms with Gasteiger partial charge in [0.05, 0.1) is 12.3 Å². The number of hydrogen-bond donors (Lipinski definition) is 0. The number of aliphatic imine (C=N–C) groups is 1. The summed E-state index contributed by atoms with van der Waals surface area (Å²) in [6, 6.07) is 0.353. The maximum Gasteiger partial charge on any atom is 0.265 e. The number of rotatable bonds is 3. The first-order valence-electron chi connectivity index (χ1n) is 6.41. The summed E-state index contributed by atoms with van der Waals surface area (Å²) >= 11 is 0. The van der Waals surface area contributed by atoms with Gasteiger partial charge in [0.2, 0.25) is 0 Å². The highest BCUT2D eigenvalue weighted by Gasteiger charge is 2.32. The summed E-state index contributed by atoms with van der Waals surface area (Å²) in [6.07, 6.45) is 3.31. The third-order valence-electron chi connectivity index (χ3n) is 3.16. The molecule has 0 aliphatic carbocycles. The van der Waals surface area contributed by atoms with Gasteiger partial charge < -0.3 is 4.90 Å². The molecule has 0 aromatic heterocycles. The van der Waals surface area contributed by atoms with Crippen molar-refractivity contribution in [2.45, 2.75) is 53.6 Å². The molecule has 0 saturated carbocycles. The Morgan fingerprint density at radius 2 is 1.76 bits per heavy atom. The molecule has 1 unspecified atom stereocenters. The van der Waals surface area contributed by atoms with E-state index in [-0.39, 0.29) is 18.0 Å². The second kappa shape index (κ2) is 5.48. The molecule has 1 aliphatic heterocycles. The van der Waals surface area contributed by atoms with E-state index in [0.29, 0.717) is 11.8 Å². The maximum atomic E-state index is 12.1. The molecular weight excluding hydrogens is 212 g/mol. The van der Waals surface area contributed by atoms with E-state index in [9.17, 15) is 4.79 Å². The average molecular weight is 236 g/mol. The second-order valence-electron chi connectivity index (χ2n) is 5.59. The standard InChI is InChI=1S/C14H24N2O/c1-9(2)12-7-15-8-13(17)16(11(5)6)14(12)10(3)4/h7-11,14H,1-6H3. The molecule has 0 aromatic rings. The Bertz CT molecular complexity index is 340. The van der Waals surface area contributed by atoms with Crippen molar-refractivity contribution < 1.29 is 4.79 Å². The van der Waals surface area contributed by atoms with E-state index in [1.54, 1.807) is 0 Å². The fourth-order valence-corrected chi connectivity index (χ4v) is 2.40. The lowest BCUT2D eigenvalue weighted by atomic mass is 9.87. The van der Waals surface area contributed by atoms with Gasteiger partial charge in [-0.05, 0) is 31.3 Å². The molecule has 0 bridgehead atoms. The Morgan fingerprint density at radius 1 is 1.18 bits per heavy atom. The third-order valence-corrected chi connectivity index (χ3v) is 3.16. The minimum absolute atomic E-state index is 0.0191. The lowest BCUT2D eigenvalue weighted by Crippen LogP contribution is -2.48. The van der Waals surface area contributed by atoms with Crippen LogP contribution in [0.25, 0.3) is 0 Å². The molecule has 1 aliphatic rings. The van der Waals surface area contributed by atoms with E-state index < -0.39 is 0 Å². The molecule has 0 aromatic carbocycles.